The van der Waals surface area contributed by atoms with E-state index in [-0.39, 0.29) is 5.97 Å². The van der Waals surface area contributed by atoms with Crippen LogP contribution in [0.2, 0.25) is 0 Å². The molecule has 1 saturated carbocycles. The molecule has 0 unspecified atom stereocenters. The summed E-state index contributed by atoms with van der Waals surface area (Å²) in [5.74, 6) is 1.80. The van der Waals surface area contributed by atoms with Crippen molar-refractivity contribution in [2.45, 2.75) is 46.1 Å². The number of rotatable bonds is 6. The minimum atomic E-state index is -0.288. The van der Waals surface area contributed by atoms with E-state index in [0.717, 1.165) is 0 Å². The zero-order chi connectivity index (χ0) is 16.8. The number of nitrogens with one attached hydrogen (secondary N) is 1. The zero-order valence-electron chi connectivity index (χ0n) is 14.5. The normalized spacial score (nSPS) is 24.6. The average Bonchev–Trinajstić information content (AvgIpc) is 2.52. The summed E-state index contributed by atoms with van der Waals surface area (Å²) >= 11 is 0. The maximum Gasteiger partial charge on any atom is 0.338 e. The summed E-state index contributed by atoms with van der Waals surface area (Å²) in [5, 5.41) is 3.62. The molecular formula is C19H30N2O2. The molecule has 0 radical (unpaired) electrons. The average molecular weight is 318 g/mol. The minimum Gasteiger partial charge on any atom is -0.461 e. The molecule has 1 aliphatic carbocycles. The predicted octanol–water partition coefficient (Wildman–Crippen LogP) is 3.48. The Morgan fingerprint density at radius 1 is 1.30 bits per heavy atom. The summed E-state index contributed by atoms with van der Waals surface area (Å²) in [5.41, 5.74) is 6.81. The number of benzene rings is 1. The summed E-state index contributed by atoms with van der Waals surface area (Å²) < 4.78 is 5.35. The Hall–Kier alpha value is -1.55. The quantitative estimate of drug-likeness (QED) is 0.479. The first-order valence-corrected chi connectivity index (χ1v) is 8.75. The van der Waals surface area contributed by atoms with E-state index < -0.39 is 0 Å². The van der Waals surface area contributed by atoms with E-state index in [1.165, 1.54) is 19.3 Å². The third kappa shape index (κ3) is 4.96. The fourth-order valence-corrected chi connectivity index (χ4v) is 3.63. The Balaban J connectivity index is 1.77. The number of hydrogen-bond donors (Lipinski definition) is 2. The van der Waals surface area contributed by atoms with Gasteiger partial charge < -0.3 is 15.8 Å². The number of anilines is 1. The molecule has 1 aromatic carbocycles. The molecule has 4 heteroatoms. The highest BCUT2D eigenvalue weighted by atomic mass is 16.5. The SMILES string of the molecule is CC(C)[C@@H]1CCC[C@@H](C)[C@H]1NCCOC(=O)c1ccc(N)cc1. The van der Waals surface area contributed by atoms with Crippen LogP contribution in [0, 0.1) is 17.8 Å². The van der Waals surface area contributed by atoms with Gasteiger partial charge in [-0.2, -0.15) is 0 Å². The van der Waals surface area contributed by atoms with Gasteiger partial charge >= 0.3 is 5.97 Å². The molecule has 0 heterocycles. The van der Waals surface area contributed by atoms with E-state index in [0.29, 0.717) is 48.2 Å². The third-order valence-corrected chi connectivity index (χ3v) is 4.99. The van der Waals surface area contributed by atoms with Gasteiger partial charge in [-0.05, 0) is 54.9 Å². The van der Waals surface area contributed by atoms with Crippen LogP contribution in [0.4, 0.5) is 5.69 Å². The smallest absolute Gasteiger partial charge is 0.338 e. The third-order valence-electron chi connectivity index (χ3n) is 4.99. The van der Waals surface area contributed by atoms with Crippen molar-refractivity contribution in [2.24, 2.45) is 17.8 Å². The Kier molecular flexibility index (Phi) is 6.46. The highest BCUT2D eigenvalue weighted by molar-refractivity contribution is 5.89. The standard InChI is InChI=1S/C19H30N2O2/c1-13(2)17-6-4-5-14(3)18(17)21-11-12-23-19(22)15-7-9-16(20)10-8-15/h7-10,13-14,17-18,21H,4-6,11-12,20H2,1-3H3/t14-,17+,18-/m1/s1. The number of nitrogen functional groups attached to an aromatic ring is 1. The van der Waals surface area contributed by atoms with Crippen LogP contribution in [0.1, 0.15) is 50.4 Å². The summed E-state index contributed by atoms with van der Waals surface area (Å²) in [6.45, 7) is 8.04. The number of esters is 1. The fourth-order valence-electron chi connectivity index (χ4n) is 3.63. The van der Waals surface area contributed by atoms with Crippen LogP contribution in [0.15, 0.2) is 24.3 Å². The van der Waals surface area contributed by atoms with Crippen LogP contribution >= 0.6 is 0 Å². The van der Waals surface area contributed by atoms with Crippen LogP contribution in [0.5, 0.6) is 0 Å². The van der Waals surface area contributed by atoms with Gasteiger partial charge in [-0.1, -0.05) is 27.2 Å². The highest BCUT2D eigenvalue weighted by Gasteiger charge is 2.31. The molecule has 23 heavy (non-hydrogen) atoms. The maximum atomic E-state index is 12.0. The van der Waals surface area contributed by atoms with E-state index in [1.807, 2.05) is 0 Å². The Labute approximate surface area is 139 Å². The predicted molar refractivity (Wildman–Crippen MR) is 94.3 cm³/mol. The molecule has 1 aromatic rings. The molecule has 1 aliphatic rings. The van der Waals surface area contributed by atoms with Gasteiger partial charge in [0.25, 0.3) is 0 Å². The van der Waals surface area contributed by atoms with E-state index in [4.69, 9.17) is 10.5 Å². The Bertz CT molecular complexity index is 499. The van der Waals surface area contributed by atoms with Gasteiger partial charge in [0.2, 0.25) is 0 Å². The van der Waals surface area contributed by atoms with Crippen molar-refractivity contribution in [3.63, 3.8) is 0 Å². The number of nitrogens with two attached hydrogens (primary N) is 1. The van der Waals surface area contributed by atoms with Gasteiger partial charge in [-0.3, -0.25) is 0 Å². The van der Waals surface area contributed by atoms with Crippen molar-refractivity contribution >= 4 is 11.7 Å². The topological polar surface area (TPSA) is 64.3 Å². The van der Waals surface area contributed by atoms with Gasteiger partial charge in [0.05, 0.1) is 5.56 Å². The number of ether oxygens (including phenoxy) is 1. The molecule has 0 saturated heterocycles. The minimum absolute atomic E-state index is 0.288. The lowest BCUT2D eigenvalue weighted by atomic mass is 9.73. The van der Waals surface area contributed by atoms with E-state index in [1.54, 1.807) is 24.3 Å². The monoisotopic (exact) mass is 318 g/mol. The second kappa shape index (κ2) is 8.34. The molecule has 0 bridgehead atoms. The first-order chi connectivity index (χ1) is 11.0. The zero-order valence-corrected chi connectivity index (χ0v) is 14.5. The maximum absolute atomic E-state index is 12.0. The molecule has 3 atom stereocenters. The summed E-state index contributed by atoms with van der Waals surface area (Å²) in [4.78, 5) is 12.0. The Morgan fingerprint density at radius 2 is 2.00 bits per heavy atom. The number of carbonyl (C=O) groups excluding carboxylic acids is 1. The van der Waals surface area contributed by atoms with Gasteiger partial charge in [-0.25, -0.2) is 4.79 Å². The van der Waals surface area contributed by atoms with Crippen LogP contribution in [-0.2, 0) is 4.74 Å². The number of carbonyl (C=O) groups is 1. The molecule has 0 aromatic heterocycles. The summed E-state index contributed by atoms with van der Waals surface area (Å²) in [7, 11) is 0. The molecule has 128 valence electrons. The van der Waals surface area contributed by atoms with Crippen molar-refractivity contribution in [1.29, 1.82) is 0 Å². The number of hydrogen-bond acceptors (Lipinski definition) is 4. The lowest BCUT2D eigenvalue weighted by molar-refractivity contribution is 0.0492. The van der Waals surface area contributed by atoms with Gasteiger partial charge in [0.1, 0.15) is 6.61 Å². The first kappa shape index (κ1) is 17.8. The molecule has 2 rings (SSSR count). The molecule has 4 nitrogen and oxygen atoms in total. The van der Waals surface area contributed by atoms with Crippen molar-refractivity contribution < 1.29 is 9.53 Å². The van der Waals surface area contributed by atoms with Gasteiger partial charge in [-0.15, -0.1) is 0 Å². The second-order valence-electron chi connectivity index (χ2n) is 7.05. The molecular weight excluding hydrogens is 288 g/mol. The molecule has 3 N–H and O–H groups in total. The first-order valence-electron chi connectivity index (χ1n) is 8.75. The van der Waals surface area contributed by atoms with Gasteiger partial charge in [0, 0.05) is 18.3 Å². The highest BCUT2D eigenvalue weighted by Crippen LogP contribution is 2.33. The van der Waals surface area contributed by atoms with Crippen LogP contribution < -0.4 is 11.1 Å². The second-order valence-corrected chi connectivity index (χ2v) is 7.05. The summed E-state index contributed by atoms with van der Waals surface area (Å²) in [6.07, 6.45) is 3.91. The van der Waals surface area contributed by atoms with E-state index in [2.05, 4.69) is 26.1 Å². The molecule has 1 fully saturated rings. The lowest BCUT2D eigenvalue weighted by Crippen LogP contribution is -2.46. The molecule has 0 aliphatic heterocycles. The molecule has 0 amide bonds. The van der Waals surface area contributed by atoms with E-state index >= 15 is 0 Å². The fraction of sp³-hybridized carbons (Fsp3) is 0.632. The lowest BCUT2D eigenvalue weighted by Gasteiger charge is -2.39. The van der Waals surface area contributed by atoms with Crippen molar-refractivity contribution in [2.75, 3.05) is 18.9 Å². The van der Waals surface area contributed by atoms with Crippen LogP contribution in [0.3, 0.4) is 0 Å². The van der Waals surface area contributed by atoms with E-state index in [9.17, 15) is 4.79 Å². The van der Waals surface area contributed by atoms with Crippen LogP contribution in [0.25, 0.3) is 0 Å². The van der Waals surface area contributed by atoms with Crippen LogP contribution in [-0.4, -0.2) is 25.2 Å². The Morgan fingerprint density at radius 3 is 2.65 bits per heavy atom. The van der Waals surface area contributed by atoms with Crippen molar-refractivity contribution in [3.05, 3.63) is 29.8 Å². The van der Waals surface area contributed by atoms with Crippen molar-refractivity contribution in [3.8, 4) is 0 Å². The largest absolute Gasteiger partial charge is 0.461 e. The van der Waals surface area contributed by atoms with Crippen molar-refractivity contribution in [1.82, 2.24) is 5.32 Å². The molecule has 0 spiro atoms. The summed E-state index contributed by atoms with van der Waals surface area (Å²) in [6, 6.07) is 7.35. The van der Waals surface area contributed by atoms with Gasteiger partial charge in [0.15, 0.2) is 0 Å².